The molecule has 1 aromatic rings. The topological polar surface area (TPSA) is 128 Å². The molecule has 0 unspecified atom stereocenters. The van der Waals surface area contributed by atoms with Crippen LogP contribution in [0.4, 0.5) is 5.88 Å². The Balaban J connectivity index is 2.71. The van der Waals surface area contributed by atoms with Crippen LogP contribution in [0, 0.1) is 0 Å². The average Bonchev–Trinajstić information content (AvgIpc) is 2.59. The molecule has 0 fully saturated rings. The maximum atomic E-state index is 10.4. The van der Waals surface area contributed by atoms with Crippen molar-refractivity contribution in [3.05, 3.63) is 11.8 Å². The number of carboxylic acid groups (broad SMARTS) is 1. The Hall–Kier alpha value is -2.38. The van der Waals surface area contributed by atoms with Gasteiger partial charge in [-0.3, -0.25) is 4.79 Å². The fraction of sp³-hybridized carbons (Fsp3) is 0.143. The van der Waals surface area contributed by atoms with Gasteiger partial charge in [-0.05, 0) is 0 Å². The van der Waals surface area contributed by atoms with Gasteiger partial charge in [-0.1, -0.05) is 10.3 Å². The molecule has 1 heterocycles. The van der Waals surface area contributed by atoms with E-state index < -0.39 is 12.6 Å². The maximum absolute atomic E-state index is 10.4. The molecular weight excluding hydrogens is 206 g/mol. The van der Waals surface area contributed by atoms with Crippen molar-refractivity contribution in [2.45, 2.75) is 0 Å². The standard InChI is InChI=1S/C7H6N3O5/c8-6-1-4(10-15-6)5(2-11)9-14-3-7(12)13/h1H,3,8H2,(H,12,13)/b9-5-. The van der Waals surface area contributed by atoms with Crippen molar-refractivity contribution in [1.29, 1.82) is 0 Å². The first-order valence-electron chi connectivity index (χ1n) is 3.66. The number of carbonyl (C=O) groups excluding carboxylic acids is 1. The van der Waals surface area contributed by atoms with Crippen LogP contribution in [-0.2, 0) is 14.4 Å². The number of aromatic nitrogens is 1. The number of hydrogen-bond acceptors (Lipinski definition) is 7. The van der Waals surface area contributed by atoms with E-state index in [1.807, 2.05) is 0 Å². The van der Waals surface area contributed by atoms with Crippen LogP contribution in [0.3, 0.4) is 0 Å². The van der Waals surface area contributed by atoms with Crippen molar-refractivity contribution in [3.63, 3.8) is 0 Å². The van der Waals surface area contributed by atoms with Gasteiger partial charge < -0.3 is 20.2 Å². The minimum Gasteiger partial charge on any atom is -0.479 e. The van der Waals surface area contributed by atoms with E-state index in [1.54, 1.807) is 0 Å². The number of oxime groups is 1. The molecule has 1 rings (SSSR count). The smallest absolute Gasteiger partial charge is 0.344 e. The third kappa shape index (κ3) is 3.10. The number of hydrogen-bond donors (Lipinski definition) is 2. The average molecular weight is 212 g/mol. The van der Waals surface area contributed by atoms with E-state index in [2.05, 4.69) is 19.7 Å². The Labute approximate surface area is 83.3 Å². The van der Waals surface area contributed by atoms with E-state index in [0.29, 0.717) is 0 Å². The van der Waals surface area contributed by atoms with Crippen LogP contribution in [-0.4, -0.2) is 34.8 Å². The zero-order valence-corrected chi connectivity index (χ0v) is 7.34. The summed E-state index contributed by atoms with van der Waals surface area (Å²) >= 11 is 0. The Morgan fingerprint density at radius 3 is 3.00 bits per heavy atom. The number of carbonyl (C=O) groups is 1. The molecular formula is C7H6N3O5. The number of nitrogen functional groups attached to an aromatic ring is 1. The van der Waals surface area contributed by atoms with Gasteiger partial charge in [0.25, 0.3) is 6.29 Å². The minimum atomic E-state index is -1.22. The number of anilines is 1. The van der Waals surface area contributed by atoms with Crippen molar-refractivity contribution in [1.82, 2.24) is 5.16 Å². The Kier molecular flexibility index (Phi) is 3.38. The molecule has 0 aliphatic heterocycles. The molecule has 0 aliphatic carbocycles. The van der Waals surface area contributed by atoms with E-state index in [1.165, 1.54) is 12.4 Å². The fourth-order valence-corrected chi connectivity index (χ4v) is 0.671. The summed E-state index contributed by atoms with van der Waals surface area (Å²) in [4.78, 5) is 24.8. The van der Waals surface area contributed by atoms with E-state index in [-0.39, 0.29) is 17.3 Å². The minimum absolute atomic E-state index is 0.00816. The highest BCUT2D eigenvalue weighted by Gasteiger charge is 2.10. The SMILES string of the molecule is Nc1cc(/C([C]=O)=N\OCC(=O)O)no1. The second-order valence-electron chi connectivity index (χ2n) is 2.32. The van der Waals surface area contributed by atoms with Gasteiger partial charge in [-0.25, -0.2) is 4.79 Å². The van der Waals surface area contributed by atoms with Crippen LogP contribution in [0.2, 0.25) is 0 Å². The Morgan fingerprint density at radius 2 is 2.53 bits per heavy atom. The fourth-order valence-electron chi connectivity index (χ4n) is 0.671. The van der Waals surface area contributed by atoms with Gasteiger partial charge in [-0.15, -0.1) is 0 Å². The van der Waals surface area contributed by atoms with E-state index in [4.69, 9.17) is 10.8 Å². The highest BCUT2D eigenvalue weighted by atomic mass is 16.6. The van der Waals surface area contributed by atoms with Crippen molar-refractivity contribution < 1.29 is 24.1 Å². The summed E-state index contributed by atoms with van der Waals surface area (Å²) in [7, 11) is 0. The molecule has 8 nitrogen and oxygen atoms in total. The quantitative estimate of drug-likeness (QED) is 0.481. The van der Waals surface area contributed by atoms with Crippen molar-refractivity contribution >= 4 is 23.9 Å². The molecule has 3 N–H and O–H groups in total. The monoisotopic (exact) mass is 212 g/mol. The van der Waals surface area contributed by atoms with Crippen LogP contribution < -0.4 is 5.73 Å². The lowest BCUT2D eigenvalue weighted by Gasteiger charge is -1.93. The van der Waals surface area contributed by atoms with Gasteiger partial charge in [0.2, 0.25) is 12.5 Å². The third-order valence-corrected chi connectivity index (χ3v) is 1.21. The summed E-state index contributed by atoms with van der Waals surface area (Å²) in [5.74, 6) is -1.23. The first-order chi connectivity index (χ1) is 7.13. The second-order valence-corrected chi connectivity index (χ2v) is 2.32. The maximum Gasteiger partial charge on any atom is 0.344 e. The lowest BCUT2D eigenvalue weighted by atomic mass is 10.3. The molecule has 0 spiro atoms. The first kappa shape index (κ1) is 10.7. The normalized spacial score (nSPS) is 11.1. The molecule has 0 aromatic carbocycles. The molecule has 8 heteroatoms. The van der Waals surface area contributed by atoms with E-state index >= 15 is 0 Å². The van der Waals surface area contributed by atoms with Gasteiger partial charge in [0.15, 0.2) is 5.71 Å². The molecule has 0 atom stereocenters. The Morgan fingerprint density at radius 1 is 1.80 bits per heavy atom. The van der Waals surface area contributed by atoms with Gasteiger partial charge in [0.1, 0.15) is 5.69 Å². The number of rotatable bonds is 5. The molecule has 79 valence electrons. The summed E-state index contributed by atoms with van der Waals surface area (Å²) in [6.45, 7) is -0.668. The highest BCUT2D eigenvalue weighted by molar-refractivity contribution is 6.35. The first-order valence-corrected chi connectivity index (χ1v) is 3.66. The van der Waals surface area contributed by atoms with Gasteiger partial charge in [0, 0.05) is 6.07 Å². The predicted octanol–water partition coefficient (Wildman–Crippen LogP) is -0.828. The van der Waals surface area contributed by atoms with Crippen LogP contribution in [0.1, 0.15) is 5.69 Å². The molecule has 15 heavy (non-hydrogen) atoms. The molecule has 0 saturated heterocycles. The predicted molar refractivity (Wildman–Crippen MR) is 46.7 cm³/mol. The third-order valence-electron chi connectivity index (χ3n) is 1.21. The second kappa shape index (κ2) is 4.74. The molecule has 0 saturated carbocycles. The summed E-state index contributed by atoms with van der Waals surface area (Å²) in [5.41, 5.74) is 4.90. The van der Waals surface area contributed by atoms with Gasteiger partial charge >= 0.3 is 5.97 Å². The highest BCUT2D eigenvalue weighted by Crippen LogP contribution is 2.05. The van der Waals surface area contributed by atoms with Crippen LogP contribution in [0.25, 0.3) is 0 Å². The van der Waals surface area contributed by atoms with E-state index in [9.17, 15) is 9.59 Å². The number of carboxylic acids is 1. The van der Waals surface area contributed by atoms with Crippen LogP contribution >= 0.6 is 0 Å². The number of aliphatic carboxylic acids is 1. The summed E-state index contributed by atoms with van der Waals surface area (Å²) in [6, 6.07) is 1.23. The van der Waals surface area contributed by atoms with Crippen LogP contribution in [0.5, 0.6) is 0 Å². The summed E-state index contributed by atoms with van der Waals surface area (Å²) in [5, 5.41) is 14.8. The molecule has 0 aliphatic rings. The number of nitrogens with zero attached hydrogens (tertiary/aromatic N) is 2. The summed E-state index contributed by atoms with van der Waals surface area (Å²) in [6.07, 6.45) is 1.41. The summed E-state index contributed by atoms with van der Waals surface area (Å²) < 4.78 is 4.47. The molecule has 1 radical (unpaired) electrons. The molecule has 1 aromatic heterocycles. The van der Waals surface area contributed by atoms with Crippen molar-refractivity contribution in [2.75, 3.05) is 12.3 Å². The lowest BCUT2D eigenvalue weighted by Crippen LogP contribution is -2.08. The zero-order chi connectivity index (χ0) is 11.3. The zero-order valence-electron chi connectivity index (χ0n) is 7.34. The largest absolute Gasteiger partial charge is 0.479 e. The van der Waals surface area contributed by atoms with Gasteiger partial charge in [0.05, 0.1) is 0 Å². The molecule has 0 bridgehead atoms. The Bertz CT molecular complexity index is 397. The van der Waals surface area contributed by atoms with Crippen molar-refractivity contribution in [2.24, 2.45) is 5.16 Å². The van der Waals surface area contributed by atoms with Gasteiger partial charge in [-0.2, -0.15) is 0 Å². The van der Waals surface area contributed by atoms with E-state index in [0.717, 1.165) is 0 Å². The van der Waals surface area contributed by atoms with Crippen LogP contribution in [0.15, 0.2) is 15.7 Å². The molecule has 0 amide bonds. The van der Waals surface area contributed by atoms with Crippen molar-refractivity contribution in [3.8, 4) is 0 Å². The number of nitrogens with two attached hydrogens (primary N) is 1. The lowest BCUT2D eigenvalue weighted by molar-refractivity contribution is -0.142.